The quantitative estimate of drug-likeness (QED) is 0.658. The fourth-order valence-electron chi connectivity index (χ4n) is 2.61. The Kier molecular flexibility index (Phi) is 5.53. The van der Waals surface area contributed by atoms with E-state index in [0.29, 0.717) is 19.6 Å². The van der Waals surface area contributed by atoms with Gasteiger partial charge in [-0.3, -0.25) is 4.79 Å². The zero-order valence-electron chi connectivity index (χ0n) is 14.0. The number of anilines is 1. The molecule has 0 radical (unpaired) electrons. The van der Waals surface area contributed by atoms with Crippen molar-refractivity contribution >= 4 is 11.6 Å². The monoisotopic (exact) mass is 341 g/mol. The predicted octanol–water partition coefficient (Wildman–Crippen LogP) is 2.10. The molecule has 6 nitrogen and oxygen atoms in total. The summed E-state index contributed by atoms with van der Waals surface area (Å²) in [6, 6.07) is 14.8. The van der Waals surface area contributed by atoms with Crippen LogP contribution >= 0.6 is 0 Å². The number of methoxy groups -OCH3 is 1. The van der Waals surface area contributed by atoms with E-state index in [4.69, 9.17) is 13.6 Å². The number of quaternary nitrogens is 1. The van der Waals surface area contributed by atoms with Gasteiger partial charge in [0.25, 0.3) is 5.91 Å². The number of carbonyl (C=O) groups excluding carboxylic acids is 1. The SMILES string of the molecule is COc1ccc(NC(=O)C[NH+](Cc2ccco2)Cc2ccco2)cc1. The van der Waals surface area contributed by atoms with Crippen molar-refractivity contribution in [3.8, 4) is 5.75 Å². The third-order valence-electron chi connectivity index (χ3n) is 3.79. The Labute approximate surface area is 146 Å². The van der Waals surface area contributed by atoms with Gasteiger partial charge in [0.1, 0.15) is 18.8 Å². The Morgan fingerprint density at radius 3 is 2.08 bits per heavy atom. The molecule has 0 aliphatic carbocycles. The molecule has 0 fully saturated rings. The number of carbonyl (C=O) groups is 1. The van der Waals surface area contributed by atoms with Gasteiger partial charge in [-0.2, -0.15) is 0 Å². The number of amides is 1. The maximum Gasteiger partial charge on any atom is 0.279 e. The van der Waals surface area contributed by atoms with E-state index in [9.17, 15) is 4.79 Å². The maximum atomic E-state index is 12.4. The fourth-order valence-corrected chi connectivity index (χ4v) is 2.61. The van der Waals surface area contributed by atoms with Gasteiger partial charge in [-0.05, 0) is 48.5 Å². The van der Waals surface area contributed by atoms with E-state index in [-0.39, 0.29) is 5.91 Å². The van der Waals surface area contributed by atoms with E-state index in [2.05, 4.69) is 5.32 Å². The summed E-state index contributed by atoms with van der Waals surface area (Å²) in [6.45, 7) is 1.50. The van der Waals surface area contributed by atoms with Gasteiger partial charge in [-0.1, -0.05) is 0 Å². The molecule has 3 rings (SSSR count). The molecule has 2 aromatic heterocycles. The zero-order chi connectivity index (χ0) is 17.5. The molecule has 2 heterocycles. The van der Waals surface area contributed by atoms with Crippen molar-refractivity contribution in [2.45, 2.75) is 13.1 Å². The van der Waals surface area contributed by atoms with E-state index < -0.39 is 0 Å². The van der Waals surface area contributed by atoms with Crippen LogP contribution in [0.15, 0.2) is 69.9 Å². The fraction of sp³-hybridized carbons (Fsp3) is 0.211. The molecule has 0 aliphatic rings. The normalized spacial score (nSPS) is 10.8. The summed E-state index contributed by atoms with van der Waals surface area (Å²) >= 11 is 0. The highest BCUT2D eigenvalue weighted by Gasteiger charge is 2.18. The minimum absolute atomic E-state index is 0.0710. The van der Waals surface area contributed by atoms with Gasteiger partial charge >= 0.3 is 0 Å². The molecule has 0 atom stereocenters. The van der Waals surface area contributed by atoms with E-state index in [1.165, 1.54) is 0 Å². The number of hydrogen-bond acceptors (Lipinski definition) is 4. The number of rotatable bonds is 8. The molecule has 3 aromatic rings. The van der Waals surface area contributed by atoms with Crippen LogP contribution in [0.1, 0.15) is 11.5 Å². The van der Waals surface area contributed by atoms with Crippen molar-refractivity contribution in [3.63, 3.8) is 0 Å². The lowest BCUT2D eigenvalue weighted by molar-refractivity contribution is -0.921. The minimum Gasteiger partial charge on any atom is -0.497 e. The van der Waals surface area contributed by atoms with Crippen LogP contribution in [0.3, 0.4) is 0 Å². The molecule has 0 bridgehead atoms. The van der Waals surface area contributed by atoms with E-state index in [1.54, 1.807) is 19.6 Å². The molecule has 25 heavy (non-hydrogen) atoms. The lowest BCUT2D eigenvalue weighted by Crippen LogP contribution is -3.10. The Hall–Kier alpha value is -2.99. The van der Waals surface area contributed by atoms with Crippen LogP contribution in [0.4, 0.5) is 5.69 Å². The third-order valence-corrected chi connectivity index (χ3v) is 3.79. The lowest BCUT2D eigenvalue weighted by atomic mass is 10.3. The molecule has 0 saturated heterocycles. The van der Waals surface area contributed by atoms with Crippen LogP contribution in [0, 0.1) is 0 Å². The van der Waals surface area contributed by atoms with Crippen LogP contribution in [-0.2, 0) is 17.9 Å². The molecule has 0 spiro atoms. The first-order valence-corrected chi connectivity index (χ1v) is 8.05. The van der Waals surface area contributed by atoms with Crippen LogP contribution in [0.2, 0.25) is 0 Å². The number of ether oxygens (including phenoxy) is 1. The van der Waals surface area contributed by atoms with Crippen LogP contribution in [0.5, 0.6) is 5.75 Å². The number of nitrogens with one attached hydrogen (secondary N) is 2. The van der Waals surface area contributed by atoms with Gasteiger partial charge in [0, 0.05) is 5.69 Å². The summed E-state index contributed by atoms with van der Waals surface area (Å²) in [7, 11) is 1.61. The Morgan fingerprint density at radius 2 is 1.60 bits per heavy atom. The summed E-state index contributed by atoms with van der Waals surface area (Å²) in [5.74, 6) is 2.34. The number of benzene rings is 1. The Morgan fingerprint density at radius 1 is 1.00 bits per heavy atom. The Bertz CT molecular complexity index is 728. The highest BCUT2D eigenvalue weighted by molar-refractivity contribution is 5.91. The molecule has 6 heteroatoms. The molecule has 2 N–H and O–H groups in total. The van der Waals surface area contributed by atoms with Crippen LogP contribution < -0.4 is 15.0 Å². The van der Waals surface area contributed by atoms with Crippen molar-refractivity contribution in [1.29, 1.82) is 0 Å². The van der Waals surface area contributed by atoms with Crippen LogP contribution in [-0.4, -0.2) is 19.6 Å². The molecule has 130 valence electrons. The topological polar surface area (TPSA) is 69.0 Å². The van der Waals surface area contributed by atoms with Gasteiger partial charge in [-0.15, -0.1) is 0 Å². The van der Waals surface area contributed by atoms with Gasteiger partial charge in [0.05, 0.1) is 19.6 Å². The van der Waals surface area contributed by atoms with Crippen molar-refractivity contribution in [3.05, 3.63) is 72.6 Å². The predicted molar refractivity (Wildman–Crippen MR) is 92.3 cm³/mol. The largest absolute Gasteiger partial charge is 0.497 e. The summed E-state index contributed by atoms with van der Waals surface area (Å²) in [4.78, 5) is 13.4. The average molecular weight is 341 g/mol. The highest BCUT2D eigenvalue weighted by atomic mass is 16.5. The van der Waals surface area contributed by atoms with Gasteiger partial charge in [-0.25, -0.2) is 0 Å². The first-order valence-electron chi connectivity index (χ1n) is 8.05. The van der Waals surface area contributed by atoms with Crippen molar-refractivity contribution < 1.29 is 23.3 Å². The number of furan rings is 2. The number of hydrogen-bond donors (Lipinski definition) is 2. The molecule has 1 amide bonds. The molecule has 0 aliphatic heterocycles. The molecular weight excluding hydrogens is 320 g/mol. The van der Waals surface area contributed by atoms with Crippen molar-refractivity contribution in [1.82, 2.24) is 0 Å². The summed E-state index contributed by atoms with van der Waals surface area (Å²) < 4.78 is 15.9. The second-order valence-electron chi connectivity index (χ2n) is 5.72. The molecule has 1 aromatic carbocycles. The van der Waals surface area contributed by atoms with Crippen molar-refractivity contribution in [2.75, 3.05) is 19.0 Å². The Balaban J connectivity index is 1.62. The molecule has 0 saturated carbocycles. The molecular formula is C19H21N2O4+. The van der Waals surface area contributed by atoms with Gasteiger partial charge in [0.15, 0.2) is 18.1 Å². The maximum absolute atomic E-state index is 12.4. The standard InChI is InChI=1S/C19H20N2O4/c1-23-16-8-6-15(7-9-16)20-19(22)14-21(12-17-4-2-10-24-17)13-18-5-3-11-25-18/h2-11H,12-14H2,1H3,(H,20,22)/p+1. The molecule has 0 unspecified atom stereocenters. The second-order valence-corrected chi connectivity index (χ2v) is 5.72. The van der Waals surface area contributed by atoms with E-state index in [1.807, 2.05) is 48.5 Å². The zero-order valence-corrected chi connectivity index (χ0v) is 14.0. The first kappa shape index (κ1) is 16.9. The average Bonchev–Trinajstić information content (AvgIpc) is 3.29. The minimum atomic E-state index is -0.0710. The third kappa shape index (κ3) is 4.99. The van der Waals surface area contributed by atoms with Crippen molar-refractivity contribution in [2.24, 2.45) is 0 Å². The van der Waals surface area contributed by atoms with Gasteiger partial charge < -0.3 is 23.8 Å². The second kappa shape index (κ2) is 8.21. The van der Waals surface area contributed by atoms with Gasteiger partial charge in [0.2, 0.25) is 0 Å². The first-order chi connectivity index (χ1) is 12.2. The summed E-state index contributed by atoms with van der Waals surface area (Å²) in [5, 5.41) is 2.91. The highest BCUT2D eigenvalue weighted by Crippen LogP contribution is 2.14. The van der Waals surface area contributed by atoms with E-state index >= 15 is 0 Å². The lowest BCUT2D eigenvalue weighted by Gasteiger charge is -2.17. The summed E-state index contributed by atoms with van der Waals surface area (Å²) in [6.07, 6.45) is 3.27. The smallest absolute Gasteiger partial charge is 0.279 e. The van der Waals surface area contributed by atoms with E-state index in [0.717, 1.165) is 27.9 Å². The summed E-state index contributed by atoms with van der Waals surface area (Å²) in [5.41, 5.74) is 0.737. The van der Waals surface area contributed by atoms with Crippen LogP contribution in [0.25, 0.3) is 0 Å².